The Morgan fingerprint density at radius 3 is 1.15 bits per heavy atom. The van der Waals surface area contributed by atoms with Gasteiger partial charge in [0.15, 0.2) is 0 Å². The number of hydrogen-bond donors (Lipinski definition) is 0. The predicted octanol–water partition coefficient (Wildman–Crippen LogP) is 5.90. The molecule has 0 aromatic rings. The van der Waals surface area contributed by atoms with Crippen molar-refractivity contribution in [3.63, 3.8) is 0 Å². The Bertz CT molecular complexity index is 423. The molecule has 0 rings (SSSR count). The first-order valence-corrected chi connectivity index (χ1v) is 10.1. The summed E-state index contributed by atoms with van der Waals surface area (Å²) in [7, 11) is 0. The molecule has 0 heterocycles. The molecule has 0 aromatic carbocycles. The lowest BCUT2D eigenvalue weighted by Gasteiger charge is -1.86. The number of Topliss-reactive ketones (excluding diaryl/α,β-unsaturated/α-hetero) is 4. The van der Waals surface area contributed by atoms with Crippen molar-refractivity contribution in [3.05, 3.63) is 0 Å². The molecular formula is C23H42O4. The molecule has 0 aliphatic rings. The van der Waals surface area contributed by atoms with E-state index in [1.54, 1.807) is 20.8 Å². The monoisotopic (exact) mass is 382 g/mol. The van der Waals surface area contributed by atoms with Gasteiger partial charge in [-0.1, -0.05) is 40.0 Å². The van der Waals surface area contributed by atoms with Gasteiger partial charge < -0.3 is 14.4 Å². The van der Waals surface area contributed by atoms with E-state index in [1.807, 2.05) is 20.8 Å². The van der Waals surface area contributed by atoms with E-state index in [9.17, 15) is 19.2 Å². The van der Waals surface area contributed by atoms with Crippen LogP contribution < -0.4 is 0 Å². The fraction of sp³-hybridized carbons (Fsp3) is 0.739. The molecule has 0 saturated heterocycles. The second kappa shape index (κ2) is 29.0. The van der Waals surface area contributed by atoms with Crippen molar-refractivity contribution in [3.8, 4) is 11.8 Å². The quantitative estimate of drug-likeness (QED) is 0.387. The van der Waals surface area contributed by atoms with Crippen molar-refractivity contribution >= 4 is 23.1 Å². The number of hydrogen-bond acceptors (Lipinski definition) is 4. The van der Waals surface area contributed by atoms with Crippen LogP contribution in [0.15, 0.2) is 0 Å². The van der Waals surface area contributed by atoms with Gasteiger partial charge in [-0.25, -0.2) is 0 Å². The molecule has 0 spiro atoms. The molecule has 0 N–H and O–H groups in total. The van der Waals surface area contributed by atoms with Gasteiger partial charge in [0.2, 0.25) is 5.78 Å². The van der Waals surface area contributed by atoms with Crippen LogP contribution in [0.25, 0.3) is 0 Å². The van der Waals surface area contributed by atoms with Crippen LogP contribution in [0.2, 0.25) is 0 Å². The minimum absolute atomic E-state index is 0.0431. The van der Waals surface area contributed by atoms with Crippen molar-refractivity contribution in [1.29, 1.82) is 0 Å². The molecule has 0 bridgehead atoms. The van der Waals surface area contributed by atoms with E-state index in [-0.39, 0.29) is 17.3 Å². The standard InChI is InChI=1S/C7H10O.C6H12O.2C5H10O/c1-3-4-5-6-7(2)8;1-3-4-5-6(2)7;2*1-3-4-5(2)6/h3-4H2,1-2H3;3-5H2,1-2H3;2*3-4H2,1-2H3. The molecule has 27 heavy (non-hydrogen) atoms. The van der Waals surface area contributed by atoms with Crippen LogP contribution in [0.5, 0.6) is 0 Å². The van der Waals surface area contributed by atoms with E-state index in [0.717, 1.165) is 57.8 Å². The molecule has 0 unspecified atom stereocenters. The van der Waals surface area contributed by atoms with Gasteiger partial charge in [-0.05, 0) is 52.4 Å². The van der Waals surface area contributed by atoms with Crippen LogP contribution >= 0.6 is 0 Å². The Balaban J connectivity index is -0.000000132. The van der Waals surface area contributed by atoms with Gasteiger partial charge in [-0.3, -0.25) is 4.79 Å². The zero-order valence-corrected chi connectivity index (χ0v) is 19.0. The van der Waals surface area contributed by atoms with E-state index in [0.29, 0.717) is 5.78 Å². The van der Waals surface area contributed by atoms with Gasteiger partial charge in [0.25, 0.3) is 0 Å². The van der Waals surface area contributed by atoms with E-state index in [2.05, 4.69) is 18.8 Å². The number of unbranched alkanes of at least 4 members (excludes halogenated alkanes) is 2. The molecule has 0 saturated carbocycles. The molecule has 4 heteroatoms. The molecule has 0 aliphatic carbocycles. The summed E-state index contributed by atoms with van der Waals surface area (Å²) in [6.07, 6.45) is 8.23. The van der Waals surface area contributed by atoms with Crippen LogP contribution in [0, 0.1) is 11.8 Å². The normalized spacial score (nSPS) is 8.15. The lowest BCUT2D eigenvalue weighted by atomic mass is 10.2. The van der Waals surface area contributed by atoms with E-state index >= 15 is 0 Å². The van der Waals surface area contributed by atoms with Crippen molar-refractivity contribution in [2.24, 2.45) is 0 Å². The molecule has 4 nitrogen and oxygen atoms in total. The van der Waals surface area contributed by atoms with Crippen molar-refractivity contribution in [2.45, 2.75) is 113 Å². The zero-order valence-electron chi connectivity index (χ0n) is 19.0. The maximum atomic E-state index is 10.2. The number of carbonyl (C=O) groups is 4. The summed E-state index contributed by atoms with van der Waals surface area (Å²) in [5, 5.41) is 0. The third kappa shape index (κ3) is 68.4. The molecule has 0 aliphatic heterocycles. The molecule has 158 valence electrons. The Kier molecular flexibility index (Phi) is 35.3. The Hall–Kier alpha value is -1.76. The van der Waals surface area contributed by atoms with Crippen LogP contribution in [0.1, 0.15) is 113 Å². The summed E-state index contributed by atoms with van der Waals surface area (Å²) in [4.78, 5) is 40.4. The number of ketones is 4. The number of carbonyl (C=O) groups excluding carboxylic acids is 4. The fourth-order valence-electron chi connectivity index (χ4n) is 1.44. The first kappa shape index (κ1) is 32.9. The zero-order chi connectivity index (χ0) is 22.1. The average Bonchev–Trinajstić information content (AvgIpc) is 2.54. The van der Waals surface area contributed by atoms with Crippen LogP contribution in [-0.4, -0.2) is 23.1 Å². The molecule has 0 fully saturated rings. The van der Waals surface area contributed by atoms with Crippen LogP contribution in [0.3, 0.4) is 0 Å². The smallest absolute Gasteiger partial charge is 0.202 e. The van der Waals surface area contributed by atoms with Crippen LogP contribution in [-0.2, 0) is 19.2 Å². The lowest BCUT2D eigenvalue weighted by molar-refractivity contribution is -0.117. The van der Waals surface area contributed by atoms with Gasteiger partial charge in [-0.15, -0.1) is 0 Å². The second-order valence-electron chi connectivity index (χ2n) is 6.32. The van der Waals surface area contributed by atoms with E-state index in [4.69, 9.17) is 0 Å². The summed E-state index contributed by atoms with van der Waals surface area (Å²) in [6, 6.07) is 0. The maximum absolute atomic E-state index is 10.2. The van der Waals surface area contributed by atoms with E-state index in [1.165, 1.54) is 6.92 Å². The minimum atomic E-state index is -0.0431. The SMILES string of the molecule is CCCC#CC(C)=O.CCCC(C)=O.CCCC(C)=O.CCCCC(C)=O. The largest absolute Gasteiger partial charge is 0.300 e. The third-order valence-corrected chi connectivity index (χ3v) is 2.73. The lowest BCUT2D eigenvalue weighted by Crippen LogP contribution is -1.86. The van der Waals surface area contributed by atoms with Gasteiger partial charge in [-0.2, -0.15) is 0 Å². The summed E-state index contributed by atoms with van der Waals surface area (Å²) in [5.74, 6) is 6.04. The molecule has 0 aromatic heterocycles. The molecule has 0 radical (unpaired) electrons. The topological polar surface area (TPSA) is 68.3 Å². The Morgan fingerprint density at radius 1 is 0.593 bits per heavy atom. The first-order valence-electron chi connectivity index (χ1n) is 10.1. The second-order valence-corrected chi connectivity index (χ2v) is 6.32. The molecule has 0 amide bonds. The highest BCUT2D eigenvalue weighted by Gasteiger charge is 1.87. The fourth-order valence-corrected chi connectivity index (χ4v) is 1.44. The summed E-state index contributed by atoms with van der Waals surface area (Å²) >= 11 is 0. The maximum Gasteiger partial charge on any atom is 0.202 e. The summed E-state index contributed by atoms with van der Waals surface area (Å²) < 4.78 is 0. The highest BCUT2D eigenvalue weighted by molar-refractivity contribution is 5.93. The van der Waals surface area contributed by atoms with Gasteiger partial charge in [0.1, 0.15) is 17.3 Å². The van der Waals surface area contributed by atoms with Crippen molar-refractivity contribution < 1.29 is 19.2 Å². The summed E-state index contributed by atoms with van der Waals surface area (Å²) in [5.41, 5.74) is 0. The van der Waals surface area contributed by atoms with Crippen LogP contribution in [0.4, 0.5) is 0 Å². The highest BCUT2D eigenvalue weighted by Crippen LogP contribution is 1.92. The molecule has 0 atom stereocenters. The minimum Gasteiger partial charge on any atom is -0.300 e. The van der Waals surface area contributed by atoms with Crippen molar-refractivity contribution in [2.75, 3.05) is 0 Å². The van der Waals surface area contributed by atoms with Gasteiger partial charge in [0.05, 0.1) is 0 Å². The average molecular weight is 383 g/mol. The van der Waals surface area contributed by atoms with E-state index < -0.39 is 0 Å². The van der Waals surface area contributed by atoms with Gasteiger partial charge >= 0.3 is 0 Å². The van der Waals surface area contributed by atoms with Gasteiger partial charge in [0, 0.05) is 32.6 Å². The highest BCUT2D eigenvalue weighted by atomic mass is 16.1. The number of rotatable bonds is 8. The summed E-state index contributed by atoms with van der Waals surface area (Å²) in [6.45, 7) is 14.5. The Morgan fingerprint density at radius 2 is 1.00 bits per heavy atom. The third-order valence-electron chi connectivity index (χ3n) is 2.73. The van der Waals surface area contributed by atoms with Crippen molar-refractivity contribution in [1.82, 2.24) is 0 Å². The molecular weight excluding hydrogens is 340 g/mol. The Labute approximate surface area is 167 Å². The first-order chi connectivity index (χ1) is 12.6. The predicted molar refractivity (Wildman–Crippen MR) is 115 cm³/mol.